The van der Waals surface area contributed by atoms with E-state index in [0.29, 0.717) is 25.1 Å². The van der Waals surface area contributed by atoms with Crippen LogP contribution < -0.4 is 4.74 Å². The van der Waals surface area contributed by atoms with Crippen LogP contribution in [0, 0.1) is 5.92 Å². The van der Waals surface area contributed by atoms with Gasteiger partial charge in [-0.2, -0.15) is 0 Å². The van der Waals surface area contributed by atoms with Crippen molar-refractivity contribution in [3.63, 3.8) is 0 Å². The number of likely N-dealkylation sites (tertiary alicyclic amines) is 1. The summed E-state index contributed by atoms with van der Waals surface area (Å²) >= 11 is 0. The number of benzene rings is 2. The molecule has 1 N–H and O–H groups in total. The van der Waals surface area contributed by atoms with Gasteiger partial charge in [0.15, 0.2) is 0 Å². The molecule has 1 saturated carbocycles. The molecule has 2 aliphatic rings. The van der Waals surface area contributed by atoms with Gasteiger partial charge in [-0.25, -0.2) is 0 Å². The minimum absolute atomic E-state index is 0.332. The highest BCUT2D eigenvalue weighted by atomic mass is 16.5. The standard InChI is InChI=1S/C25H29NO3/c27-25(28)24-17-21-10-4-5-11-23(21)26(24)16-6-9-19-12-14-22(15-13-19)29-18-20-7-2-1-3-8-20/h1-3,6-9,12-15,21,23-24H,4-5,10-11,16-18H2,(H,27,28)/b9-6+. The zero-order valence-electron chi connectivity index (χ0n) is 16.7. The Morgan fingerprint density at radius 2 is 1.83 bits per heavy atom. The third-order valence-electron chi connectivity index (χ3n) is 6.26. The van der Waals surface area contributed by atoms with Crippen LogP contribution in [0.4, 0.5) is 0 Å². The molecule has 29 heavy (non-hydrogen) atoms. The average Bonchev–Trinajstić information content (AvgIpc) is 3.13. The number of carboxylic acid groups (broad SMARTS) is 1. The molecule has 1 aliphatic heterocycles. The van der Waals surface area contributed by atoms with E-state index in [1.54, 1.807) is 0 Å². The molecule has 4 nitrogen and oxygen atoms in total. The Kier molecular flexibility index (Phi) is 6.30. The maximum absolute atomic E-state index is 11.7. The van der Waals surface area contributed by atoms with Gasteiger partial charge in [0.1, 0.15) is 18.4 Å². The third kappa shape index (κ3) is 4.88. The molecular formula is C25H29NO3. The number of hydrogen-bond acceptors (Lipinski definition) is 3. The third-order valence-corrected chi connectivity index (χ3v) is 6.26. The van der Waals surface area contributed by atoms with E-state index < -0.39 is 5.97 Å². The van der Waals surface area contributed by atoms with E-state index in [1.165, 1.54) is 19.3 Å². The van der Waals surface area contributed by atoms with Crippen molar-refractivity contribution >= 4 is 12.0 Å². The van der Waals surface area contributed by atoms with Crippen LogP contribution in [0.25, 0.3) is 6.08 Å². The van der Waals surface area contributed by atoms with Crippen LogP contribution in [0.1, 0.15) is 43.2 Å². The second-order valence-electron chi connectivity index (χ2n) is 8.14. The number of hydrogen-bond donors (Lipinski definition) is 1. The molecule has 0 amide bonds. The smallest absolute Gasteiger partial charge is 0.320 e. The average molecular weight is 392 g/mol. The minimum atomic E-state index is -0.673. The zero-order valence-corrected chi connectivity index (χ0v) is 16.7. The van der Waals surface area contributed by atoms with Crippen molar-refractivity contribution < 1.29 is 14.6 Å². The molecule has 0 spiro atoms. The Hall–Kier alpha value is -2.59. The van der Waals surface area contributed by atoms with E-state index in [4.69, 9.17) is 4.74 Å². The highest BCUT2D eigenvalue weighted by molar-refractivity contribution is 5.74. The van der Waals surface area contributed by atoms with Crippen molar-refractivity contribution in [3.8, 4) is 5.75 Å². The SMILES string of the molecule is O=C(O)C1CC2CCCCC2N1C/C=C/c1ccc(OCc2ccccc2)cc1. The molecule has 2 fully saturated rings. The molecule has 4 rings (SSSR count). The summed E-state index contributed by atoms with van der Waals surface area (Å²) in [4.78, 5) is 13.9. The van der Waals surface area contributed by atoms with Crippen LogP contribution in [-0.4, -0.2) is 34.6 Å². The van der Waals surface area contributed by atoms with Crippen molar-refractivity contribution in [2.45, 2.75) is 50.8 Å². The van der Waals surface area contributed by atoms with E-state index in [2.05, 4.69) is 29.2 Å². The van der Waals surface area contributed by atoms with Gasteiger partial charge in [0, 0.05) is 12.6 Å². The first-order chi connectivity index (χ1) is 14.2. The Morgan fingerprint density at radius 1 is 1.07 bits per heavy atom. The summed E-state index contributed by atoms with van der Waals surface area (Å²) in [6.07, 6.45) is 9.77. The van der Waals surface area contributed by atoms with Crippen LogP contribution in [0.5, 0.6) is 5.75 Å². The molecule has 152 valence electrons. The monoisotopic (exact) mass is 391 g/mol. The molecule has 4 heteroatoms. The summed E-state index contributed by atoms with van der Waals surface area (Å²) in [7, 11) is 0. The maximum Gasteiger partial charge on any atom is 0.320 e. The first-order valence-corrected chi connectivity index (χ1v) is 10.6. The van der Waals surface area contributed by atoms with Crippen molar-refractivity contribution in [1.82, 2.24) is 4.90 Å². The van der Waals surface area contributed by atoms with Gasteiger partial charge >= 0.3 is 5.97 Å². The summed E-state index contributed by atoms with van der Waals surface area (Å²) < 4.78 is 5.83. The molecular weight excluding hydrogens is 362 g/mol. The number of carboxylic acids is 1. The van der Waals surface area contributed by atoms with Gasteiger partial charge < -0.3 is 9.84 Å². The van der Waals surface area contributed by atoms with E-state index in [1.807, 2.05) is 42.5 Å². The molecule has 0 aromatic heterocycles. The Labute approximate surface area is 172 Å². The van der Waals surface area contributed by atoms with E-state index in [9.17, 15) is 9.90 Å². The Balaban J connectivity index is 1.33. The van der Waals surface area contributed by atoms with Crippen molar-refractivity contribution in [2.75, 3.05) is 6.54 Å². The van der Waals surface area contributed by atoms with E-state index in [0.717, 1.165) is 29.7 Å². The number of fused-ring (bicyclic) bond motifs is 1. The zero-order chi connectivity index (χ0) is 20.1. The van der Waals surface area contributed by atoms with Crippen LogP contribution in [0.3, 0.4) is 0 Å². The van der Waals surface area contributed by atoms with Gasteiger partial charge in [0.05, 0.1) is 0 Å². The lowest BCUT2D eigenvalue weighted by molar-refractivity contribution is -0.142. The van der Waals surface area contributed by atoms with Gasteiger partial charge in [0.25, 0.3) is 0 Å². The topological polar surface area (TPSA) is 49.8 Å². The van der Waals surface area contributed by atoms with Gasteiger partial charge in [0.2, 0.25) is 0 Å². The summed E-state index contributed by atoms with van der Waals surface area (Å²) in [5.74, 6) is 0.730. The Morgan fingerprint density at radius 3 is 2.59 bits per heavy atom. The second-order valence-corrected chi connectivity index (χ2v) is 8.14. The molecule has 1 saturated heterocycles. The summed E-state index contributed by atoms with van der Waals surface area (Å²) in [6, 6.07) is 18.3. The quantitative estimate of drug-likeness (QED) is 0.722. The minimum Gasteiger partial charge on any atom is -0.489 e. The normalized spacial score (nSPS) is 24.5. The van der Waals surface area contributed by atoms with E-state index in [-0.39, 0.29) is 6.04 Å². The molecule has 0 radical (unpaired) electrons. The molecule has 2 aromatic rings. The van der Waals surface area contributed by atoms with Crippen LogP contribution >= 0.6 is 0 Å². The molecule has 3 atom stereocenters. The van der Waals surface area contributed by atoms with Crippen molar-refractivity contribution in [2.24, 2.45) is 5.92 Å². The number of ether oxygens (including phenoxy) is 1. The molecule has 2 aromatic carbocycles. The fourth-order valence-corrected chi connectivity index (χ4v) is 4.78. The number of aliphatic carboxylic acids is 1. The predicted octanol–water partition coefficient (Wildman–Crippen LogP) is 5.00. The van der Waals surface area contributed by atoms with Gasteiger partial charge in [-0.05, 0) is 48.4 Å². The molecule has 3 unspecified atom stereocenters. The van der Waals surface area contributed by atoms with Crippen LogP contribution in [0.15, 0.2) is 60.7 Å². The highest BCUT2D eigenvalue weighted by Gasteiger charge is 2.44. The van der Waals surface area contributed by atoms with Crippen molar-refractivity contribution in [3.05, 3.63) is 71.8 Å². The lowest BCUT2D eigenvalue weighted by Crippen LogP contribution is -2.42. The summed E-state index contributed by atoms with van der Waals surface area (Å²) in [5.41, 5.74) is 2.25. The maximum atomic E-state index is 11.7. The lowest BCUT2D eigenvalue weighted by atomic mass is 9.85. The highest BCUT2D eigenvalue weighted by Crippen LogP contribution is 2.39. The van der Waals surface area contributed by atoms with E-state index >= 15 is 0 Å². The number of nitrogens with zero attached hydrogens (tertiary/aromatic N) is 1. The fraction of sp³-hybridized carbons (Fsp3) is 0.400. The van der Waals surface area contributed by atoms with Crippen molar-refractivity contribution in [1.29, 1.82) is 0 Å². The first-order valence-electron chi connectivity index (χ1n) is 10.6. The van der Waals surface area contributed by atoms with Crippen LogP contribution in [-0.2, 0) is 11.4 Å². The summed E-state index contributed by atoms with van der Waals surface area (Å²) in [6.45, 7) is 1.26. The molecule has 0 bridgehead atoms. The van der Waals surface area contributed by atoms with Gasteiger partial charge in [-0.15, -0.1) is 0 Å². The van der Waals surface area contributed by atoms with Gasteiger partial charge in [-0.1, -0.05) is 67.5 Å². The van der Waals surface area contributed by atoms with Gasteiger partial charge in [-0.3, -0.25) is 9.69 Å². The first kappa shape index (κ1) is 19.7. The lowest BCUT2D eigenvalue weighted by Gasteiger charge is -2.32. The predicted molar refractivity (Wildman–Crippen MR) is 115 cm³/mol. The second kappa shape index (κ2) is 9.27. The molecule has 1 heterocycles. The number of rotatable bonds is 7. The largest absolute Gasteiger partial charge is 0.489 e. The summed E-state index contributed by atoms with van der Waals surface area (Å²) in [5, 5.41) is 9.63. The molecule has 1 aliphatic carbocycles. The number of carbonyl (C=O) groups is 1. The Bertz CT molecular complexity index is 831. The fourth-order valence-electron chi connectivity index (χ4n) is 4.78. The van der Waals surface area contributed by atoms with Crippen LogP contribution in [0.2, 0.25) is 0 Å².